The first-order chi connectivity index (χ1) is 7.98. The first kappa shape index (κ1) is 14.2. The Morgan fingerprint density at radius 3 is 2.29 bits per heavy atom. The van der Waals surface area contributed by atoms with Crippen molar-refractivity contribution in [2.24, 2.45) is 0 Å². The number of rotatable bonds is 6. The SMILES string of the molecule is COC(CS(=O)(=O)Cc1ccccc1C)OC. The fraction of sp³-hybridized carbons (Fsp3) is 0.500. The first-order valence-corrected chi connectivity index (χ1v) is 7.11. The Hall–Kier alpha value is -0.910. The fourth-order valence-electron chi connectivity index (χ4n) is 1.51. The van der Waals surface area contributed by atoms with E-state index < -0.39 is 16.1 Å². The Labute approximate surface area is 102 Å². The van der Waals surface area contributed by atoms with Gasteiger partial charge in [-0.05, 0) is 18.1 Å². The van der Waals surface area contributed by atoms with Crippen LogP contribution in [0.25, 0.3) is 0 Å². The molecule has 0 aliphatic carbocycles. The van der Waals surface area contributed by atoms with E-state index in [-0.39, 0.29) is 11.5 Å². The summed E-state index contributed by atoms with van der Waals surface area (Å²) in [5, 5.41) is 0. The van der Waals surface area contributed by atoms with Crippen LogP contribution in [0.3, 0.4) is 0 Å². The molecule has 0 aliphatic heterocycles. The quantitative estimate of drug-likeness (QED) is 0.726. The van der Waals surface area contributed by atoms with Gasteiger partial charge in [-0.1, -0.05) is 24.3 Å². The highest BCUT2D eigenvalue weighted by Gasteiger charge is 2.19. The van der Waals surface area contributed by atoms with Crippen LogP contribution in [-0.2, 0) is 25.1 Å². The van der Waals surface area contributed by atoms with E-state index in [1.807, 2.05) is 31.2 Å². The molecule has 0 atom stereocenters. The minimum absolute atomic E-state index is 0.0168. The van der Waals surface area contributed by atoms with Gasteiger partial charge in [0.1, 0.15) is 5.75 Å². The molecule has 0 spiro atoms. The number of hydrogen-bond donors (Lipinski definition) is 0. The van der Waals surface area contributed by atoms with Gasteiger partial charge in [-0.15, -0.1) is 0 Å². The lowest BCUT2D eigenvalue weighted by molar-refractivity contribution is -0.0852. The van der Waals surface area contributed by atoms with Crippen LogP contribution < -0.4 is 0 Å². The number of ether oxygens (including phenoxy) is 2. The van der Waals surface area contributed by atoms with E-state index >= 15 is 0 Å². The molecule has 17 heavy (non-hydrogen) atoms. The fourth-order valence-corrected chi connectivity index (χ4v) is 3.11. The molecule has 0 saturated heterocycles. The normalized spacial score (nSPS) is 12.0. The van der Waals surface area contributed by atoms with Crippen LogP contribution in [-0.4, -0.2) is 34.7 Å². The molecule has 0 N–H and O–H groups in total. The Morgan fingerprint density at radius 1 is 1.18 bits per heavy atom. The molecule has 0 amide bonds. The summed E-state index contributed by atoms with van der Waals surface area (Å²) in [4.78, 5) is 0. The summed E-state index contributed by atoms with van der Waals surface area (Å²) in [6, 6.07) is 7.44. The van der Waals surface area contributed by atoms with Crippen molar-refractivity contribution in [3.05, 3.63) is 35.4 Å². The molecule has 0 unspecified atom stereocenters. The van der Waals surface area contributed by atoms with E-state index in [0.29, 0.717) is 0 Å². The molecular formula is C12H18O4S. The van der Waals surface area contributed by atoms with Gasteiger partial charge >= 0.3 is 0 Å². The monoisotopic (exact) mass is 258 g/mol. The van der Waals surface area contributed by atoms with E-state index in [0.717, 1.165) is 11.1 Å². The van der Waals surface area contributed by atoms with Crippen molar-refractivity contribution in [1.82, 2.24) is 0 Å². The predicted octanol–water partition coefficient (Wildman–Crippen LogP) is 1.53. The lowest BCUT2D eigenvalue weighted by Crippen LogP contribution is -2.25. The Kier molecular flexibility index (Phi) is 5.11. The maximum absolute atomic E-state index is 11.9. The maximum Gasteiger partial charge on any atom is 0.170 e. The van der Waals surface area contributed by atoms with Gasteiger partial charge in [0.05, 0.1) is 5.75 Å². The molecular weight excluding hydrogens is 240 g/mol. The van der Waals surface area contributed by atoms with Gasteiger partial charge in [-0.2, -0.15) is 0 Å². The summed E-state index contributed by atoms with van der Waals surface area (Å²) in [5.41, 5.74) is 1.79. The summed E-state index contributed by atoms with van der Waals surface area (Å²) in [6.45, 7) is 1.90. The van der Waals surface area contributed by atoms with Crippen LogP contribution in [0, 0.1) is 6.92 Å². The molecule has 0 saturated carbocycles. The van der Waals surface area contributed by atoms with Crippen LogP contribution in [0.15, 0.2) is 24.3 Å². The van der Waals surface area contributed by atoms with Gasteiger partial charge in [-0.3, -0.25) is 0 Å². The molecule has 96 valence electrons. The van der Waals surface area contributed by atoms with Crippen molar-refractivity contribution in [1.29, 1.82) is 0 Å². The summed E-state index contributed by atoms with van der Waals surface area (Å²) in [6.07, 6.45) is -0.705. The predicted molar refractivity (Wildman–Crippen MR) is 66.5 cm³/mol. The van der Waals surface area contributed by atoms with E-state index in [1.54, 1.807) is 0 Å². The van der Waals surface area contributed by atoms with Crippen LogP contribution in [0.4, 0.5) is 0 Å². The maximum atomic E-state index is 11.9. The molecule has 5 heteroatoms. The second-order valence-corrected chi connectivity index (χ2v) is 5.99. The summed E-state index contributed by atoms with van der Waals surface area (Å²) in [5.74, 6) is -0.114. The van der Waals surface area contributed by atoms with Gasteiger partial charge in [0.25, 0.3) is 0 Å². The second-order valence-electron chi connectivity index (χ2n) is 3.88. The minimum Gasteiger partial charge on any atom is -0.355 e. The number of methoxy groups -OCH3 is 2. The summed E-state index contributed by atoms with van der Waals surface area (Å²) in [7, 11) is -0.374. The lowest BCUT2D eigenvalue weighted by atomic mass is 10.1. The molecule has 0 heterocycles. The van der Waals surface area contributed by atoms with Crippen molar-refractivity contribution in [3.8, 4) is 0 Å². The lowest BCUT2D eigenvalue weighted by Gasteiger charge is -2.14. The third-order valence-corrected chi connectivity index (χ3v) is 4.08. The van der Waals surface area contributed by atoms with E-state index in [2.05, 4.69) is 0 Å². The Morgan fingerprint density at radius 2 is 1.76 bits per heavy atom. The highest BCUT2D eigenvalue weighted by Crippen LogP contribution is 2.13. The topological polar surface area (TPSA) is 52.6 Å². The summed E-state index contributed by atoms with van der Waals surface area (Å²) >= 11 is 0. The molecule has 1 aromatic rings. The molecule has 1 aromatic carbocycles. The molecule has 0 bridgehead atoms. The molecule has 0 fully saturated rings. The average molecular weight is 258 g/mol. The van der Waals surface area contributed by atoms with Crippen molar-refractivity contribution in [3.63, 3.8) is 0 Å². The number of benzene rings is 1. The van der Waals surface area contributed by atoms with Crippen LogP contribution >= 0.6 is 0 Å². The van der Waals surface area contributed by atoms with E-state index in [1.165, 1.54) is 14.2 Å². The highest BCUT2D eigenvalue weighted by molar-refractivity contribution is 7.90. The zero-order valence-electron chi connectivity index (χ0n) is 10.3. The smallest absolute Gasteiger partial charge is 0.170 e. The molecule has 0 aliphatic rings. The minimum atomic E-state index is -3.23. The average Bonchev–Trinajstić information content (AvgIpc) is 2.29. The standard InChI is InChI=1S/C12H18O4S/c1-10-6-4-5-7-11(10)8-17(13,14)9-12(15-2)16-3/h4-7,12H,8-9H2,1-3H3. The zero-order valence-corrected chi connectivity index (χ0v) is 11.2. The Bertz CT molecular complexity index is 449. The van der Waals surface area contributed by atoms with Gasteiger partial charge in [0, 0.05) is 14.2 Å². The zero-order chi connectivity index (χ0) is 12.9. The van der Waals surface area contributed by atoms with Crippen molar-refractivity contribution in [2.75, 3.05) is 20.0 Å². The van der Waals surface area contributed by atoms with Gasteiger partial charge in [0.2, 0.25) is 0 Å². The van der Waals surface area contributed by atoms with Crippen LogP contribution in [0.1, 0.15) is 11.1 Å². The molecule has 1 rings (SSSR count). The van der Waals surface area contributed by atoms with E-state index in [9.17, 15) is 8.42 Å². The van der Waals surface area contributed by atoms with E-state index in [4.69, 9.17) is 9.47 Å². The highest BCUT2D eigenvalue weighted by atomic mass is 32.2. The largest absolute Gasteiger partial charge is 0.355 e. The van der Waals surface area contributed by atoms with Gasteiger partial charge < -0.3 is 9.47 Å². The Balaban J connectivity index is 2.77. The third-order valence-electron chi connectivity index (χ3n) is 2.55. The van der Waals surface area contributed by atoms with Crippen molar-refractivity contribution in [2.45, 2.75) is 19.0 Å². The van der Waals surface area contributed by atoms with Crippen LogP contribution in [0.2, 0.25) is 0 Å². The van der Waals surface area contributed by atoms with Crippen LogP contribution in [0.5, 0.6) is 0 Å². The number of sulfone groups is 1. The molecule has 4 nitrogen and oxygen atoms in total. The third kappa shape index (κ3) is 4.46. The van der Waals surface area contributed by atoms with Crippen molar-refractivity contribution >= 4 is 9.84 Å². The molecule has 0 aromatic heterocycles. The number of aryl methyl sites for hydroxylation is 1. The summed E-state index contributed by atoms with van der Waals surface area (Å²) < 4.78 is 33.6. The van der Waals surface area contributed by atoms with Crippen molar-refractivity contribution < 1.29 is 17.9 Å². The second kappa shape index (κ2) is 6.14. The first-order valence-electron chi connectivity index (χ1n) is 5.29. The van der Waals surface area contributed by atoms with Gasteiger partial charge in [0.15, 0.2) is 16.1 Å². The molecule has 0 radical (unpaired) electrons. The van der Waals surface area contributed by atoms with Gasteiger partial charge in [-0.25, -0.2) is 8.42 Å². The number of hydrogen-bond acceptors (Lipinski definition) is 4.